The third-order valence-corrected chi connectivity index (χ3v) is 4.29. The predicted molar refractivity (Wildman–Crippen MR) is 89.6 cm³/mol. The van der Waals surface area contributed by atoms with Gasteiger partial charge in [0.05, 0.1) is 12.7 Å². The zero-order valence-corrected chi connectivity index (χ0v) is 13.3. The van der Waals surface area contributed by atoms with Gasteiger partial charge in [-0.15, -0.1) is 6.58 Å². The molecule has 2 nitrogen and oxygen atoms in total. The maximum atomic E-state index is 6.12. The maximum Gasteiger partial charge on any atom is 0.0980 e. The Balaban J connectivity index is 1.96. The molecule has 0 radical (unpaired) electrons. The van der Waals surface area contributed by atoms with Gasteiger partial charge in [-0.05, 0) is 43.4 Å². The highest BCUT2D eigenvalue weighted by atomic mass is 16.5. The summed E-state index contributed by atoms with van der Waals surface area (Å²) in [6.07, 6.45) is 9.39. The molecule has 0 aromatic heterocycles. The number of rotatable bonds is 9. The highest BCUT2D eigenvalue weighted by Crippen LogP contribution is 2.31. The molecular weight excluding hydrogens is 258 g/mol. The van der Waals surface area contributed by atoms with Crippen molar-refractivity contribution >= 4 is 0 Å². The van der Waals surface area contributed by atoms with Crippen molar-refractivity contribution in [2.75, 3.05) is 13.2 Å². The summed E-state index contributed by atoms with van der Waals surface area (Å²) in [5.41, 5.74) is 2.85. The molecular formula is C19H29NO. The van der Waals surface area contributed by atoms with E-state index in [-0.39, 0.29) is 6.10 Å². The summed E-state index contributed by atoms with van der Waals surface area (Å²) >= 11 is 0. The van der Waals surface area contributed by atoms with Crippen LogP contribution in [0.2, 0.25) is 0 Å². The summed E-state index contributed by atoms with van der Waals surface area (Å²) in [4.78, 5) is 0. The minimum Gasteiger partial charge on any atom is -0.372 e. The molecule has 0 amide bonds. The van der Waals surface area contributed by atoms with Crippen LogP contribution in [0.25, 0.3) is 0 Å². The minimum atomic E-state index is 0.217. The van der Waals surface area contributed by atoms with E-state index in [4.69, 9.17) is 4.74 Å². The summed E-state index contributed by atoms with van der Waals surface area (Å²) in [6.45, 7) is 7.82. The monoisotopic (exact) mass is 287 g/mol. The van der Waals surface area contributed by atoms with Crippen LogP contribution in [0.4, 0.5) is 0 Å². The van der Waals surface area contributed by atoms with Crippen molar-refractivity contribution in [2.24, 2.45) is 0 Å². The van der Waals surface area contributed by atoms with Gasteiger partial charge in [-0.3, -0.25) is 0 Å². The Labute approximate surface area is 129 Å². The summed E-state index contributed by atoms with van der Waals surface area (Å²) in [5.74, 6) is 0. The maximum absolute atomic E-state index is 6.12. The summed E-state index contributed by atoms with van der Waals surface area (Å²) in [6, 6.07) is 9.19. The summed E-state index contributed by atoms with van der Waals surface area (Å²) in [7, 11) is 0. The molecule has 2 unspecified atom stereocenters. The van der Waals surface area contributed by atoms with Crippen molar-refractivity contribution in [2.45, 2.75) is 57.6 Å². The second-order valence-corrected chi connectivity index (χ2v) is 5.83. The van der Waals surface area contributed by atoms with E-state index in [9.17, 15) is 0 Å². The summed E-state index contributed by atoms with van der Waals surface area (Å²) in [5, 5.41) is 3.64. The van der Waals surface area contributed by atoms with Crippen LogP contribution in [-0.2, 0) is 11.2 Å². The van der Waals surface area contributed by atoms with E-state index < -0.39 is 0 Å². The largest absolute Gasteiger partial charge is 0.372 e. The van der Waals surface area contributed by atoms with Crippen molar-refractivity contribution < 1.29 is 4.74 Å². The van der Waals surface area contributed by atoms with Gasteiger partial charge in [0.2, 0.25) is 0 Å². The number of hydrogen-bond acceptors (Lipinski definition) is 2. The van der Waals surface area contributed by atoms with Crippen LogP contribution < -0.4 is 5.32 Å². The molecule has 1 N–H and O–H groups in total. The average Bonchev–Trinajstić information content (AvgIpc) is 2.53. The SMILES string of the molecule is C=CCCCCCC(NCC)C1OCCc2ccccc21. The van der Waals surface area contributed by atoms with Crippen LogP contribution in [0, 0.1) is 0 Å². The zero-order valence-electron chi connectivity index (χ0n) is 13.3. The molecule has 0 saturated heterocycles. The number of fused-ring (bicyclic) bond motifs is 1. The molecule has 0 spiro atoms. The van der Waals surface area contributed by atoms with E-state index in [1.165, 1.54) is 36.8 Å². The molecule has 1 aliphatic rings. The van der Waals surface area contributed by atoms with Crippen LogP contribution in [0.1, 0.15) is 56.3 Å². The second-order valence-electron chi connectivity index (χ2n) is 5.83. The Morgan fingerprint density at radius 2 is 2.19 bits per heavy atom. The van der Waals surface area contributed by atoms with Gasteiger partial charge in [-0.25, -0.2) is 0 Å². The molecule has 1 aromatic carbocycles. The average molecular weight is 287 g/mol. The van der Waals surface area contributed by atoms with Gasteiger partial charge in [0.1, 0.15) is 0 Å². The molecule has 2 rings (SSSR count). The van der Waals surface area contributed by atoms with Crippen LogP contribution >= 0.6 is 0 Å². The predicted octanol–water partition coefficient (Wildman–Crippen LogP) is 4.42. The molecule has 21 heavy (non-hydrogen) atoms. The van der Waals surface area contributed by atoms with E-state index in [0.717, 1.165) is 26.0 Å². The van der Waals surface area contributed by atoms with Crippen molar-refractivity contribution in [3.8, 4) is 0 Å². The normalized spacial score (nSPS) is 19.0. The first-order valence-corrected chi connectivity index (χ1v) is 8.40. The fourth-order valence-corrected chi connectivity index (χ4v) is 3.21. The molecule has 0 aliphatic carbocycles. The number of nitrogens with one attached hydrogen (secondary N) is 1. The Morgan fingerprint density at radius 1 is 1.33 bits per heavy atom. The Hall–Kier alpha value is -1.12. The van der Waals surface area contributed by atoms with Gasteiger partial charge in [0.25, 0.3) is 0 Å². The molecule has 0 bridgehead atoms. The smallest absolute Gasteiger partial charge is 0.0980 e. The number of ether oxygens (including phenoxy) is 1. The fraction of sp³-hybridized carbons (Fsp3) is 0.579. The van der Waals surface area contributed by atoms with Gasteiger partial charge >= 0.3 is 0 Å². The van der Waals surface area contributed by atoms with Crippen molar-refractivity contribution in [1.29, 1.82) is 0 Å². The van der Waals surface area contributed by atoms with E-state index in [2.05, 4.69) is 43.1 Å². The molecule has 0 fully saturated rings. The van der Waals surface area contributed by atoms with Crippen molar-refractivity contribution in [3.05, 3.63) is 48.0 Å². The topological polar surface area (TPSA) is 21.3 Å². The molecule has 0 saturated carbocycles. The first-order valence-electron chi connectivity index (χ1n) is 8.40. The standard InChI is InChI=1S/C19H29NO/c1-3-5-6-7-8-13-18(20-4-2)19-17-12-10-9-11-16(17)14-15-21-19/h3,9-12,18-20H,1,4-8,13-15H2,2H3. The molecule has 116 valence electrons. The van der Waals surface area contributed by atoms with Gasteiger partial charge in [0, 0.05) is 6.04 Å². The fourth-order valence-electron chi connectivity index (χ4n) is 3.21. The second kappa shape index (κ2) is 9.01. The lowest BCUT2D eigenvalue weighted by atomic mass is 9.90. The van der Waals surface area contributed by atoms with Crippen LogP contribution in [-0.4, -0.2) is 19.2 Å². The van der Waals surface area contributed by atoms with E-state index in [0.29, 0.717) is 6.04 Å². The molecule has 1 heterocycles. The van der Waals surface area contributed by atoms with Crippen LogP contribution in [0.15, 0.2) is 36.9 Å². The molecule has 2 atom stereocenters. The van der Waals surface area contributed by atoms with Gasteiger partial charge in [-0.2, -0.15) is 0 Å². The molecule has 1 aromatic rings. The van der Waals surface area contributed by atoms with Gasteiger partial charge < -0.3 is 10.1 Å². The summed E-state index contributed by atoms with van der Waals surface area (Å²) < 4.78 is 6.12. The van der Waals surface area contributed by atoms with Crippen LogP contribution in [0.5, 0.6) is 0 Å². The first kappa shape index (κ1) is 16.3. The van der Waals surface area contributed by atoms with Gasteiger partial charge in [-0.1, -0.05) is 50.1 Å². The zero-order chi connectivity index (χ0) is 14.9. The third-order valence-electron chi connectivity index (χ3n) is 4.29. The highest BCUT2D eigenvalue weighted by Gasteiger charge is 2.27. The lowest BCUT2D eigenvalue weighted by Crippen LogP contribution is -2.38. The number of hydrogen-bond donors (Lipinski definition) is 1. The quantitative estimate of drug-likeness (QED) is 0.536. The lowest BCUT2D eigenvalue weighted by Gasteiger charge is -2.33. The van der Waals surface area contributed by atoms with Gasteiger partial charge in [0.15, 0.2) is 0 Å². The number of benzene rings is 1. The first-order chi connectivity index (χ1) is 10.4. The van der Waals surface area contributed by atoms with Crippen LogP contribution in [0.3, 0.4) is 0 Å². The van der Waals surface area contributed by atoms with Crippen molar-refractivity contribution in [3.63, 3.8) is 0 Å². The number of unbranched alkanes of at least 4 members (excludes halogenated alkanes) is 3. The molecule has 1 aliphatic heterocycles. The third kappa shape index (κ3) is 4.69. The Kier molecular flexibility index (Phi) is 6.98. The van der Waals surface area contributed by atoms with E-state index in [1.54, 1.807) is 0 Å². The Morgan fingerprint density at radius 3 is 3.00 bits per heavy atom. The highest BCUT2D eigenvalue weighted by molar-refractivity contribution is 5.31. The minimum absolute atomic E-state index is 0.217. The van der Waals surface area contributed by atoms with Crippen molar-refractivity contribution in [1.82, 2.24) is 5.32 Å². The number of allylic oxidation sites excluding steroid dienone is 1. The number of likely N-dealkylation sites (N-methyl/N-ethyl adjacent to an activating group) is 1. The van der Waals surface area contributed by atoms with E-state index >= 15 is 0 Å². The Bertz CT molecular complexity index is 429. The van der Waals surface area contributed by atoms with E-state index in [1.807, 2.05) is 6.08 Å². The molecule has 2 heteroatoms. The lowest BCUT2D eigenvalue weighted by molar-refractivity contribution is 0.0130.